The van der Waals surface area contributed by atoms with Crippen LogP contribution in [-0.4, -0.2) is 49.6 Å². The molecule has 2 fully saturated rings. The zero-order valence-corrected chi connectivity index (χ0v) is 22.8. The summed E-state index contributed by atoms with van der Waals surface area (Å²) in [6.45, 7) is 7.42. The minimum Gasteiger partial charge on any atom is -0.444 e. The van der Waals surface area contributed by atoms with E-state index < -0.39 is 5.60 Å². The van der Waals surface area contributed by atoms with Crippen LogP contribution >= 0.6 is 0 Å². The number of ether oxygens (including phenoxy) is 1. The molecule has 2 saturated heterocycles. The van der Waals surface area contributed by atoms with E-state index in [1.807, 2.05) is 33.2 Å². The summed E-state index contributed by atoms with van der Waals surface area (Å²) in [4.78, 5) is 30.7. The van der Waals surface area contributed by atoms with Gasteiger partial charge in [0.05, 0.1) is 35.9 Å². The van der Waals surface area contributed by atoms with Crippen LogP contribution < -0.4 is 5.32 Å². The van der Waals surface area contributed by atoms with Gasteiger partial charge in [-0.2, -0.15) is 0 Å². The number of hydrogen-bond donors (Lipinski definition) is 3. The standard InChI is InChI=1S/C31H36N6O2/c1-31(2,3)39-30(38)37-17-5-7-27(37)29-34-19-26(36-29)23-14-10-21(11-15-23)20-8-12-22(13-9-20)25-18-33-28(35-25)24-6-4-16-32-24/h8-15,18-19,24,27,32H,4-7,16-17H2,1-3H3,(H,33,35)(H,34,36)/t24-,27?/m0/s1. The largest absolute Gasteiger partial charge is 0.444 e. The summed E-state index contributed by atoms with van der Waals surface area (Å²) in [6, 6.07) is 17.3. The molecule has 2 aliphatic rings. The van der Waals surface area contributed by atoms with E-state index in [2.05, 4.69) is 73.8 Å². The molecular weight excluding hydrogens is 488 g/mol. The van der Waals surface area contributed by atoms with E-state index in [9.17, 15) is 4.79 Å². The highest BCUT2D eigenvalue weighted by molar-refractivity contribution is 5.72. The fraction of sp³-hybridized carbons (Fsp3) is 0.387. The van der Waals surface area contributed by atoms with Crippen LogP contribution in [0.2, 0.25) is 0 Å². The van der Waals surface area contributed by atoms with Gasteiger partial charge in [0.25, 0.3) is 0 Å². The van der Waals surface area contributed by atoms with E-state index >= 15 is 0 Å². The van der Waals surface area contributed by atoms with Gasteiger partial charge in [-0.3, -0.25) is 4.90 Å². The molecule has 0 bridgehead atoms. The molecule has 2 aliphatic heterocycles. The van der Waals surface area contributed by atoms with Crippen LogP contribution in [0.4, 0.5) is 4.79 Å². The number of benzene rings is 2. The Morgan fingerprint density at radius 3 is 1.95 bits per heavy atom. The van der Waals surface area contributed by atoms with Crippen molar-refractivity contribution in [1.82, 2.24) is 30.2 Å². The van der Waals surface area contributed by atoms with Gasteiger partial charge in [0.2, 0.25) is 0 Å². The maximum Gasteiger partial charge on any atom is 0.410 e. The van der Waals surface area contributed by atoms with Crippen molar-refractivity contribution in [3.63, 3.8) is 0 Å². The third-order valence-corrected chi connectivity index (χ3v) is 7.50. The molecule has 202 valence electrons. The molecule has 2 aromatic carbocycles. The van der Waals surface area contributed by atoms with Gasteiger partial charge < -0.3 is 20.0 Å². The Bertz CT molecular complexity index is 1420. The highest BCUT2D eigenvalue weighted by Crippen LogP contribution is 2.33. The number of carbonyl (C=O) groups excluding carboxylic acids is 1. The number of hydrogen-bond acceptors (Lipinski definition) is 5. The number of H-pyrrole nitrogens is 2. The maximum absolute atomic E-state index is 12.7. The Balaban J connectivity index is 1.13. The predicted molar refractivity (Wildman–Crippen MR) is 152 cm³/mol. The van der Waals surface area contributed by atoms with E-state index in [4.69, 9.17) is 4.74 Å². The van der Waals surface area contributed by atoms with Crippen molar-refractivity contribution in [2.45, 2.75) is 64.1 Å². The summed E-state index contributed by atoms with van der Waals surface area (Å²) in [5.41, 5.74) is 5.96. The number of amides is 1. The van der Waals surface area contributed by atoms with Crippen molar-refractivity contribution in [2.24, 2.45) is 0 Å². The van der Waals surface area contributed by atoms with Crippen LogP contribution in [0.1, 0.15) is 70.2 Å². The molecule has 1 amide bonds. The lowest BCUT2D eigenvalue weighted by Crippen LogP contribution is -2.36. The molecule has 4 heterocycles. The summed E-state index contributed by atoms with van der Waals surface area (Å²) in [6.07, 6.45) is 7.64. The topological polar surface area (TPSA) is 98.9 Å². The fourth-order valence-electron chi connectivity index (χ4n) is 5.51. The Morgan fingerprint density at radius 1 is 0.821 bits per heavy atom. The highest BCUT2D eigenvalue weighted by atomic mass is 16.6. The number of nitrogens with zero attached hydrogens (tertiary/aromatic N) is 3. The van der Waals surface area contributed by atoms with Crippen molar-refractivity contribution in [3.8, 4) is 33.6 Å². The first-order valence-corrected chi connectivity index (χ1v) is 13.9. The van der Waals surface area contributed by atoms with Crippen molar-refractivity contribution in [1.29, 1.82) is 0 Å². The number of nitrogens with one attached hydrogen (secondary N) is 3. The van der Waals surface area contributed by atoms with Crippen LogP contribution in [0.5, 0.6) is 0 Å². The Hall–Kier alpha value is -3.91. The van der Waals surface area contributed by atoms with Crippen LogP contribution in [0.3, 0.4) is 0 Å². The van der Waals surface area contributed by atoms with Crippen molar-refractivity contribution >= 4 is 6.09 Å². The molecule has 1 unspecified atom stereocenters. The van der Waals surface area contributed by atoms with Crippen molar-refractivity contribution in [3.05, 3.63) is 72.6 Å². The van der Waals surface area contributed by atoms with Crippen LogP contribution in [0.25, 0.3) is 33.6 Å². The number of carbonyl (C=O) groups is 1. The molecule has 0 saturated carbocycles. The van der Waals surface area contributed by atoms with Gasteiger partial charge in [-0.1, -0.05) is 48.5 Å². The zero-order valence-electron chi connectivity index (χ0n) is 22.8. The van der Waals surface area contributed by atoms with Gasteiger partial charge in [0.15, 0.2) is 0 Å². The summed E-state index contributed by atoms with van der Waals surface area (Å²) in [5, 5.41) is 3.49. The van der Waals surface area contributed by atoms with Gasteiger partial charge >= 0.3 is 6.09 Å². The van der Waals surface area contributed by atoms with E-state index in [1.54, 1.807) is 4.90 Å². The Kier molecular flexibility index (Phi) is 6.73. The molecule has 3 N–H and O–H groups in total. The second kappa shape index (κ2) is 10.3. The van der Waals surface area contributed by atoms with E-state index in [0.29, 0.717) is 12.6 Å². The molecule has 2 aromatic heterocycles. The number of imidazole rings is 2. The highest BCUT2D eigenvalue weighted by Gasteiger charge is 2.34. The molecule has 8 heteroatoms. The van der Waals surface area contributed by atoms with Gasteiger partial charge in [0.1, 0.15) is 17.2 Å². The zero-order chi connectivity index (χ0) is 27.0. The SMILES string of the molecule is CC(C)(C)OC(=O)N1CCCC1c1ncc(-c2ccc(-c3ccc(-c4cnc([C@@H]5CCCN5)[nH]4)cc3)cc2)[nH]1. The minimum absolute atomic E-state index is 0.0910. The lowest BCUT2D eigenvalue weighted by Gasteiger charge is -2.27. The normalized spacial score (nSPS) is 19.5. The lowest BCUT2D eigenvalue weighted by atomic mass is 10.0. The molecule has 6 rings (SSSR count). The van der Waals surface area contributed by atoms with Gasteiger partial charge in [0, 0.05) is 6.54 Å². The third kappa shape index (κ3) is 5.47. The Labute approximate surface area is 229 Å². The predicted octanol–water partition coefficient (Wildman–Crippen LogP) is 6.63. The molecule has 39 heavy (non-hydrogen) atoms. The fourth-order valence-corrected chi connectivity index (χ4v) is 5.51. The van der Waals surface area contributed by atoms with Crippen molar-refractivity contribution < 1.29 is 9.53 Å². The monoisotopic (exact) mass is 524 g/mol. The molecule has 4 aromatic rings. The van der Waals surface area contributed by atoms with E-state index in [1.165, 1.54) is 6.42 Å². The summed E-state index contributed by atoms with van der Waals surface area (Å²) < 4.78 is 5.61. The molecule has 0 aliphatic carbocycles. The maximum atomic E-state index is 12.7. The lowest BCUT2D eigenvalue weighted by molar-refractivity contribution is 0.0218. The average molecular weight is 525 g/mol. The second-order valence-corrected chi connectivity index (χ2v) is 11.5. The van der Waals surface area contributed by atoms with Gasteiger partial charge in [-0.15, -0.1) is 0 Å². The van der Waals surface area contributed by atoms with E-state index in [-0.39, 0.29) is 12.1 Å². The first-order valence-electron chi connectivity index (χ1n) is 13.9. The molecule has 0 spiro atoms. The van der Waals surface area contributed by atoms with Crippen molar-refractivity contribution in [2.75, 3.05) is 13.1 Å². The molecule has 0 radical (unpaired) electrons. The number of aromatic amines is 2. The van der Waals surface area contributed by atoms with Gasteiger partial charge in [-0.05, 0) is 75.3 Å². The summed E-state index contributed by atoms with van der Waals surface area (Å²) >= 11 is 0. The first kappa shape index (κ1) is 25.4. The van der Waals surface area contributed by atoms with E-state index in [0.717, 1.165) is 71.1 Å². The van der Waals surface area contributed by atoms with Crippen LogP contribution in [0.15, 0.2) is 60.9 Å². The molecular formula is C31H36N6O2. The smallest absolute Gasteiger partial charge is 0.410 e. The first-order chi connectivity index (χ1) is 18.8. The third-order valence-electron chi connectivity index (χ3n) is 7.50. The number of rotatable bonds is 5. The molecule has 8 nitrogen and oxygen atoms in total. The average Bonchev–Trinajstić information content (AvgIpc) is 3.74. The number of likely N-dealkylation sites (tertiary alicyclic amines) is 1. The molecule has 2 atom stereocenters. The minimum atomic E-state index is -0.518. The van der Waals surface area contributed by atoms with Gasteiger partial charge in [-0.25, -0.2) is 14.8 Å². The number of aromatic nitrogens is 4. The van der Waals surface area contributed by atoms with Crippen LogP contribution in [-0.2, 0) is 4.74 Å². The summed E-state index contributed by atoms with van der Waals surface area (Å²) in [7, 11) is 0. The Morgan fingerprint density at radius 2 is 1.38 bits per heavy atom. The quantitative estimate of drug-likeness (QED) is 0.272. The summed E-state index contributed by atoms with van der Waals surface area (Å²) in [5.74, 6) is 1.83. The second-order valence-electron chi connectivity index (χ2n) is 11.5. The van der Waals surface area contributed by atoms with Crippen LogP contribution in [0, 0.1) is 0 Å².